The Morgan fingerprint density at radius 3 is 2.50 bits per heavy atom. The van der Waals surface area contributed by atoms with Gasteiger partial charge in [0.05, 0.1) is 34.6 Å². The molecule has 36 heavy (non-hydrogen) atoms. The molecular weight excluding hydrogens is 471 g/mol. The van der Waals surface area contributed by atoms with Gasteiger partial charge in [-0.05, 0) is 48.4 Å². The number of amides is 2. The minimum absolute atomic E-state index is 0.0482. The summed E-state index contributed by atoms with van der Waals surface area (Å²) in [5.74, 6) is -0.178. The molecule has 0 saturated carbocycles. The van der Waals surface area contributed by atoms with Crippen molar-refractivity contribution in [3.05, 3.63) is 82.7 Å². The van der Waals surface area contributed by atoms with Crippen LogP contribution in [0.1, 0.15) is 35.6 Å². The van der Waals surface area contributed by atoms with Gasteiger partial charge in [-0.2, -0.15) is 23.5 Å². The van der Waals surface area contributed by atoms with E-state index >= 15 is 0 Å². The first-order valence-electron chi connectivity index (χ1n) is 11.1. The molecule has 1 atom stereocenters. The highest BCUT2D eigenvalue weighted by atomic mass is 19.4. The maximum Gasteiger partial charge on any atom is 0.416 e. The summed E-state index contributed by atoms with van der Waals surface area (Å²) in [6.45, 7) is 0. The second-order valence-electron chi connectivity index (χ2n) is 8.75. The zero-order chi connectivity index (χ0) is 25.8. The number of ketones is 1. The van der Waals surface area contributed by atoms with Gasteiger partial charge in [-0.1, -0.05) is 12.1 Å². The van der Waals surface area contributed by atoms with E-state index in [1.54, 1.807) is 42.2 Å². The van der Waals surface area contributed by atoms with E-state index in [4.69, 9.17) is 0 Å². The molecule has 5 rings (SSSR count). The Hall–Kier alpha value is -4.39. The number of aryl methyl sites for hydroxylation is 1. The van der Waals surface area contributed by atoms with Crippen molar-refractivity contribution in [1.82, 2.24) is 14.7 Å². The normalized spacial score (nSPS) is 18.1. The number of anilines is 1. The van der Waals surface area contributed by atoms with Crippen molar-refractivity contribution in [2.24, 2.45) is 7.05 Å². The van der Waals surface area contributed by atoms with Crippen LogP contribution in [-0.2, 0) is 18.0 Å². The zero-order valence-corrected chi connectivity index (χ0v) is 19.4. The Balaban J connectivity index is 1.70. The summed E-state index contributed by atoms with van der Waals surface area (Å²) in [7, 11) is 3.27. The number of likely N-dealkylation sites (N-methyl/N-ethyl adjacent to an activating group) is 1. The average Bonchev–Trinajstić information content (AvgIpc) is 3.45. The molecule has 1 aromatic heterocycles. The maximum atomic E-state index is 13.6. The smallest absolute Gasteiger partial charge is 0.316 e. The highest BCUT2D eigenvalue weighted by Crippen LogP contribution is 2.46. The number of hydrogen-bond acceptors (Lipinski definition) is 4. The van der Waals surface area contributed by atoms with Crippen molar-refractivity contribution in [3.8, 4) is 17.3 Å². The fourth-order valence-corrected chi connectivity index (χ4v) is 4.88. The number of alkyl halides is 3. The number of carbonyl (C=O) groups is 2. The molecule has 2 amide bonds. The van der Waals surface area contributed by atoms with Crippen LogP contribution < -0.4 is 4.90 Å². The minimum atomic E-state index is -4.58. The van der Waals surface area contributed by atoms with Crippen molar-refractivity contribution in [2.45, 2.75) is 25.1 Å². The van der Waals surface area contributed by atoms with Crippen molar-refractivity contribution >= 4 is 17.5 Å². The number of rotatable bonds is 3. The summed E-state index contributed by atoms with van der Waals surface area (Å²) >= 11 is 0. The van der Waals surface area contributed by atoms with Crippen LogP contribution in [0.4, 0.5) is 23.7 Å². The van der Waals surface area contributed by atoms with Gasteiger partial charge in [0.25, 0.3) is 0 Å². The van der Waals surface area contributed by atoms with Gasteiger partial charge in [0.1, 0.15) is 0 Å². The predicted octanol–water partition coefficient (Wildman–Crippen LogP) is 5.21. The van der Waals surface area contributed by atoms with Crippen LogP contribution in [0.15, 0.2) is 66.0 Å². The monoisotopic (exact) mass is 491 g/mol. The maximum absolute atomic E-state index is 13.6. The third-order valence-electron chi connectivity index (χ3n) is 6.52. The van der Waals surface area contributed by atoms with Crippen molar-refractivity contribution in [1.29, 1.82) is 5.26 Å². The first-order valence-corrected chi connectivity index (χ1v) is 11.1. The summed E-state index contributed by atoms with van der Waals surface area (Å²) in [6.07, 6.45) is -2.45. The Kier molecular flexibility index (Phi) is 5.43. The Bertz CT molecular complexity index is 1480. The number of urea groups is 1. The summed E-state index contributed by atoms with van der Waals surface area (Å²) in [4.78, 5) is 29.4. The lowest BCUT2D eigenvalue weighted by Gasteiger charge is -2.41. The molecule has 2 aliphatic rings. The first kappa shape index (κ1) is 23.4. The third kappa shape index (κ3) is 3.73. The van der Waals surface area contributed by atoms with E-state index in [0.717, 1.165) is 12.1 Å². The van der Waals surface area contributed by atoms with Crippen molar-refractivity contribution in [3.63, 3.8) is 0 Å². The number of aromatic nitrogens is 2. The molecule has 1 aliphatic carbocycles. The van der Waals surface area contributed by atoms with Gasteiger partial charge in [0, 0.05) is 43.5 Å². The van der Waals surface area contributed by atoms with Gasteiger partial charge < -0.3 is 4.90 Å². The second-order valence-corrected chi connectivity index (χ2v) is 8.75. The van der Waals surface area contributed by atoms with Crippen LogP contribution in [0.25, 0.3) is 11.3 Å². The Morgan fingerprint density at radius 2 is 1.83 bits per heavy atom. The van der Waals surface area contributed by atoms with E-state index in [9.17, 15) is 28.0 Å². The zero-order valence-electron chi connectivity index (χ0n) is 19.4. The molecule has 0 N–H and O–H groups in total. The lowest BCUT2D eigenvalue weighted by atomic mass is 9.88. The molecule has 3 aromatic rings. The van der Waals surface area contributed by atoms with Crippen LogP contribution in [0, 0.1) is 11.3 Å². The quantitative estimate of drug-likeness (QED) is 0.504. The van der Waals surface area contributed by atoms with Crippen molar-refractivity contribution in [2.75, 3.05) is 11.9 Å². The summed E-state index contributed by atoms with van der Waals surface area (Å²) in [6, 6.07) is 12.0. The summed E-state index contributed by atoms with van der Waals surface area (Å²) in [5.41, 5.74) is 2.08. The van der Waals surface area contributed by atoms with Crippen LogP contribution in [0.2, 0.25) is 0 Å². The topological polar surface area (TPSA) is 82.2 Å². The number of allylic oxidation sites excluding steroid dienone is 1. The van der Waals surface area contributed by atoms with Gasteiger partial charge in [0.2, 0.25) is 0 Å². The fourth-order valence-electron chi connectivity index (χ4n) is 4.88. The molecular formula is C26H20F3N5O2. The van der Waals surface area contributed by atoms with Crippen LogP contribution in [0.3, 0.4) is 0 Å². The first-order chi connectivity index (χ1) is 17.1. The lowest BCUT2D eigenvalue weighted by molar-refractivity contribution is -0.137. The molecule has 0 fully saturated rings. The lowest BCUT2D eigenvalue weighted by Crippen LogP contribution is -2.48. The van der Waals surface area contributed by atoms with Gasteiger partial charge in [0.15, 0.2) is 5.78 Å². The van der Waals surface area contributed by atoms with Gasteiger partial charge in [-0.3, -0.25) is 14.4 Å². The molecule has 0 bridgehead atoms. The van der Waals surface area contributed by atoms with E-state index < -0.39 is 23.8 Å². The molecule has 2 aromatic carbocycles. The standard InChI is InChI=1S/C26H20F3N5O2/c1-32-11-10-20(31-32)19-12-15(14-30)6-7-18(19)24-23-21(8-9-22(23)35)34(25(36)33(24)2)17-5-3-4-16(13-17)26(27,28)29/h3-7,10-13,24H,8-9H2,1-2H3. The largest absolute Gasteiger partial charge is 0.416 e. The molecule has 182 valence electrons. The molecule has 0 spiro atoms. The molecule has 1 unspecified atom stereocenters. The number of Topliss-reactive ketones (excluding diaryl/α,β-unsaturated/α-hetero) is 1. The molecule has 2 heterocycles. The van der Waals surface area contributed by atoms with E-state index in [2.05, 4.69) is 11.2 Å². The second kappa shape index (κ2) is 8.37. The van der Waals surface area contributed by atoms with E-state index in [1.165, 1.54) is 29.0 Å². The fraction of sp³-hybridized carbons (Fsp3) is 0.231. The SMILES string of the molecule is CN1C(=O)N(c2cccc(C(F)(F)F)c2)C2=C(C(=O)CC2)C1c1ccc(C#N)cc1-c1ccn(C)n1. The van der Waals surface area contributed by atoms with Crippen LogP contribution in [-0.4, -0.2) is 33.5 Å². The van der Waals surface area contributed by atoms with E-state index in [1.807, 2.05) is 0 Å². The highest BCUT2D eigenvalue weighted by molar-refractivity contribution is 6.08. The number of nitriles is 1. The number of nitrogens with zero attached hydrogens (tertiary/aromatic N) is 5. The number of hydrogen-bond donors (Lipinski definition) is 0. The van der Waals surface area contributed by atoms with Gasteiger partial charge in [-0.25, -0.2) is 4.79 Å². The van der Waals surface area contributed by atoms with Crippen LogP contribution >= 0.6 is 0 Å². The average molecular weight is 491 g/mol. The van der Waals surface area contributed by atoms with Gasteiger partial charge >= 0.3 is 12.2 Å². The molecule has 10 heteroatoms. The summed E-state index contributed by atoms with van der Waals surface area (Å²) < 4.78 is 41.7. The van der Waals surface area contributed by atoms with Crippen molar-refractivity contribution < 1.29 is 22.8 Å². The molecule has 7 nitrogen and oxygen atoms in total. The van der Waals surface area contributed by atoms with E-state index in [-0.39, 0.29) is 24.3 Å². The van der Waals surface area contributed by atoms with E-state index in [0.29, 0.717) is 33.7 Å². The molecule has 0 saturated heterocycles. The number of halogens is 3. The van der Waals surface area contributed by atoms with Crippen LogP contribution in [0.5, 0.6) is 0 Å². The molecule has 1 aliphatic heterocycles. The minimum Gasteiger partial charge on any atom is -0.316 e. The Labute approximate surface area is 204 Å². The highest BCUT2D eigenvalue weighted by Gasteiger charge is 2.45. The predicted molar refractivity (Wildman–Crippen MR) is 124 cm³/mol. The molecule has 0 radical (unpaired) electrons. The summed E-state index contributed by atoms with van der Waals surface area (Å²) in [5, 5.41) is 13.9. The Morgan fingerprint density at radius 1 is 1.06 bits per heavy atom. The number of benzene rings is 2. The number of carbonyl (C=O) groups excluding carboxylic acids is 2. The third-order valence-corrected chi connectivity index (χ3v) is 6.52. The van der Waals surface area contributed by atoms with Gasteiger partial charge in [-0.15, -0.1) is 0 Å².